The fraction of sp³-hybridized carbons (Fsp3) is 0.441. The largest absolute Gasteiger partial charge is 0.496 e. The van der Waals surface area contributed by atoms with Crippen LogP contribution >= 0.6 is 0 Å². The highest BCUT2D eigenvalue weighted by atomic mass is 16.7. The summed E-state index contributed by atoms with van der Waals surface area (Å²) in [5.74, 6) is -0.469. The number of carboxylic acids is 1. The summed E-state index contributed by atoms with van der Waals surface area (Å²) in [6.45, 7) is 2.91. The van der Waals surface area contributed by atoms with Crippen molar-refractivity contribution in [3.8, 4) is 17.2 Å². The number of unbranched alkanes of at least 4 members (excludes halogenated alkanes) is 1. The van der Waals surface area contributed by atoms with E-state index >= 15 is 0 Å². The van der Waals surface area contributed by atoms with Gasteiger partial charge in [0.15, 0.2) is 23.9 Å². The number of aromatic nitrogens is 1. The maximum Gasteiger partial charge on any atom is 0.308 e. The molecule has 1 aromatic heterocycles. The number of aliphatic carboxylic acids is 1. The molecule has 0 spiro atoms. The molecule has 5 rings (SSSR count). The highest BCUT2D eigenvalue weighted by Crippen LogP contribution is 2.45. The summed E-state index contributed by atoms with van der Waals surface area (Å²) >= 11 is 0. The molecule has 3 atom stereocenters. The van der Waals surface area contributed by atoms with Crippen molar-refractivity contribution in [3.05, 3.63) is 77.6 Å². The third kappa shape index (κ3) is 6.66. The van der Waals surface area contributed by atoms with Gasteiger partial charge in [0.25, 0.3) is 0 Å². The summed E-state index contributed by atoms with van der Waals surface area (Å²) in [5, 5.41) is 20.7. The lowest BCUT2D eigenvalue weighted by Gasteiger charge is -2.29. The normalized spacial score (nSPS) is 19.2. The van der Waals surface area contributed by atoms with Gasteiger partial charge in [-0.2, -0.15) is 0 Å². The number of amides is 1. The summed E-state index contributed by atoms with van der Waals surface area (Å²) in [6, 6.07) is 14.8. The summed E-state index contributed by atoms with van der Waals surface area (Å²) in [4.78, 5) is 30.9. The lowest BCUT2D eigenvalue weighted by molar-refractivity contribution is -0.670. The first-order chi connectivity index (χ1) is 21.3. The van der Waals surface area contributed by atoms with Gasteiger partial charge in [0.1, 0.15) is 18.5 Å². The summed E-state index contributed by atoms with van der Waals surface area (Å²) < 4.78 is 18.7. The Bertz CT molecular complexity index is 1480. The van der Waals surface area contributed by atoms with Gasteiger partial charge in [-0.05, 0) is 54.7 Å². The Balaban J connectivity index is 1.49. The third-order valence-electron chi connectivity index (χ3n) is 8.72. The predicted octanol–water partition coefficient (Wildman–Crippen LogP) is 3.68. The fourth-order valence-electron chi connectivity index (χ4n) is 6.55. The number of benzene rings is 2. The van der Waals surface area contributed by atoms with Crippen molar-refractivity contribution >= 4 is 17.6 Å². The van der Waals surface area contributed by atoms with E-state index in [9.17, 15) is 19.8 Å². The van der Waals surface area contributed by atoms with Crippen molar-refractivity contribution in [2.24, 2.45) is 13.0 Å². The van der Waals surface area contributed by atoms with Gasteiger partial charge in [-0.1, -0.05) is 31.5 Å². The number of pyridine rings is 1. The molecule has 3 heterocycles. The second kappa shape index (κ2) is 14.1. The second-order valence-corrected chi connectivity index (χ2v) is 11.5. The van der Waals surface area contributed by atoms with E-state index in [1.807, 2.05) is 82.3 Å². The van der Waals surface area contributed by atoms with Crippen molar-refractivity contribution in [2.75, 3.05) is 38.4 Å². The highest BCUT2D eigenvalue weighted by molar-refractivity contribution is 5.94. The molecule has 3 aromatic rings. The van der Waals surface area contributed by atoms with Gasteiger partial charge in [-0.15, -0.1) is 0 Å². The van der Waals surface area contributed by atoms with E-state index in [0.717, 1.165) is 35.4 Å². The van der Waals surface area contributed by atoms with Crippen molar-refractivity contribution < 1.29 is 38.6 Å². The number of aryl methyl sites for hydroxylation is 2. The zero-order chi connectivity index (χ0) is 31.2. The van der Waals surface area contributed by atoms with Crippen LogP contribution in [0.1, 0.15) is 48.8 Å². The average Bonchev–Trinajstić information content (AvgIpc) is 3.64. The van der Waals surface area contributed by atoms with Crippen LogP contribution in [-0.2, 0) is 29.7 Å². The van der Waals surface area contributed by atoms with Crippen molar-refractivity contribution in [2.45, 2.75) is 51.2 Å². The van der Waals surface area contributed by atoms with Crippen molar-refractivity contribution in [1.29, 1.82) is 0 Å². The SMILES string of the molecule is CCCCN(C(=O)CN1C[C@H](c2cc(CO)c3c(c2)OCO3)[C@@H](C(=O)O)[C@@H]1CCc1ccccc1OC)c1ccc[n+](C)c1. The highest BCUT2D eigenvalue weighted by Gasteiger charge is 2.47. The molecule has 0 unspecified atom stereocenters. The van der Waals surface area contributed by atoms with Crippen LogP contribution in [0.3, 0.4) is 0 Å². The van der Waals surface area contributed by atoms with E-state index in [0.29, 0.717) is 43.0 Å². The Kier molecular flexibility index (Phi) is 10.0. The minimum Gasteiger partial charge on any atom is -0.496 e. The van der Waals surface area contributed by atoms with Gasteiger partial charge in [-0.3, -0.25) is 14.5 Å². The van der Waals surface area contributed by atoms with Crippen molar-refractivity contribution in [3.63, 3.8) is 0 Å². The Labute approximate surface area is 258 Å². The van der Waals surface area contributed by atoms with Gasteiger partial charge in [-0.25, -0.2) is 4.57 Å². The number of rotatable bonds is 13. The van der Waals surface area contributed by atoms with Crippen LogP contribution < -0.4 is 23.7 Å². The van der Waals surface area contributed by atoms with Gasteiger partial charge in [0, 0.05) is 36.7 Å². The minimum atomic E-state index is -0.920. The number of hydrogen-bond acceptors (Lipinski definition) is 7. The minimum absolute atomic E-state index is 0.0474. The number of aliphatic hydroxyl groups is 1. The first-order valence-corrected chi connectivity index (χ1v) is 15.2. The van der Waals surface area contributed by atoms with Crippen LogP contribution in [0, 0.1) is 5.92 Å². The molecule has 0 bridgehead atoms. The number of ether oxygens (including phenoxy) is 3. The lowest BCUT2D eigenvalue weighted by atomic mass is 9.82. The summed E-state index contributed by atoms with van der Waals surface area (Å²) in [6.07, 6.45) is 6.76. The van der Waals surface area contributed by atoms with Crippen LogP contribution in [0.4, 0.5) is 5.69 Å². The number of fused-ring (bicyclic) bond motifs is 1. The molecule has 1 fully saturated rings. The van der Waals surface area contributed by atoms with Gasteiger partial charge < -0.3 is 29.3 Å². The van der Waals surface area contributed by atoms with E-state index in [-0.39, 0.29) is 25.9 Å². The molecule has 10 heteroatoms. The Hall–Kier alpha value is -4.15. The lowest BCUT2D eigenvalue weighted by Crippen LogP contribution is -2.45. The zero-order valence-corrected chi connectivity index (χ0v) is 25.6. The molecule has 2 aromatic carbocycles. The van der Waals surface area contributed by atoms with Gasteiger partial charge in [0.2, 0.25) is 12.7 Å². The number of hydrogen-bond donors (Lipinski definition) is 2. The van der Waals surface area contributed by atoms with E-state index in [1.54, 1.807) is 7.11 Å². The molecule has 1 amide bonds. The monoisotopic (exact) mass is 604 g/mol. The molecule has 10 nitrogen and oxygen atoms in total. The van der Waals surface area contributed by atoms with Crippen LogP contribution in [0.2, 0.25) is 0 Å². The molecule has 0 saturated carbocycles. The number of methoxy groups -OCH3 is 1. The maximum absolute atomic E-state index is 14.0. The Morgan fingerprint density at radius 3 is 2.68 bits per heavy atom. The number of nitrogens with zero attached hydrogens (tertiary/aromatic N) is 3. The molecule has 0 aliphatic carbocycles. The number of carbonyl (C=O) groups excluding carboxylic acids is 1. The smallest absolute Gasteiger partial charge is 0.308 e. The number of carbonyl (C=O) groups is 2. The third-order valence-corrected chi connectivity index (χ3v) is 8.72. The molecular weight excluding hydrogens is 562 g/mol. The van der Waals surface area contributed by atoms with E-state index in [4.69, 9.17) is 14.2 Å². The molecule has 2 aliphatic heterocycles. The quantitative estimate of drug-likeness (QED) is 0.284. The first-order valence-electron chi connectivity index (χ1n) is 15.2. The predicted molar refractivity (Wildman–Crippen MR) is 164 cm³/mol. The number of aliphatic hydroxyl groups excluding tert-OH is 1. The standard InChI is InChI=1S/C34H41N3O7/c1-4-5-15-37(26-10-8-14-35(2)18-26)31(39)20-36-19-27(24-16-25(21-38)33-30(17-24)43-22-44-33)32(34(40)41)28(36)13-12-23-9-6-7-11-29(23)42-3/h6-11,14,16-18,27-28,32,38H,4-5,12-13,15,19-22H2,1-3H3/p+1/t27-,28+,32-/m1/s1. The fourth-order valence-corrected chi connectivity index (χ4v) is 6.55. The van der Waals surface area contributed by atoms with Crippen LogP contribution in [-0.4, -0.2) is 66.6 Å². The number of para-hydroxylation sites is 1. The number of likely N-dealkylation sites (tertiary alicyclic amines) is 1. The van der Waals surface area contributed by atoms with E-state index in [2.05, 4.69) is 6.92 Å². The Morgan fingerprint density at radius 1 is 1.14 bits per heavy atom. The molecule has 0 radical (unpaired) electrons. The topological polar surface area (TPSA) is 113 Å². The molecule has 2 N–H and O–H groups in total. The van der Waals surface area contributed by atoms with Gasteiger partial charge in [0.05, 0.1) is 26.2 Å². The molecule has 234 valence electrons. The van der Waals surface area contributed by atoms with Crippen LogP contribution in [0.25, 0.3) is 0 Å². The van der Waals surface area contributed by atoms with Crippen molar-refractivity contribution in [1.82, 2.24) is 4.90 Å². The molecule has 1 saturated heterocycles. The van der Waals surface area contributed by atoms with E-state index < -0.39 is 23.8 Å². The average molecular weight is 605 g/mol. The summed E-state index contributed by atoms with van der Waals surface area (Å²) in [5.41, 5.74) is 3.11. The van der Waals surface area contributed by atoms with E-state index in [1.165, 1.54) is 0 Å². The maximum atomic E-state index is 14.0. The molecule has 44 heavy (non-hydrogen) atoms. The number of anilines is 1. The van der Waals surface area contributed by atoms with Crippen LogP contribution in [0.5, 0.6) is 17.2 Å². The second-order valence-electron chi connectivity index (χ2n) is 11.5. The Morgan fingerprint density at radius 2 is 1.95 bits per heavy atom. The van der Waals surface area contributed by atoms with Gasteiger partial charge >= 0.3 is 5.97 Å². The first kappa shape index (κ1) is 31.3. The zero-order valence-electron chi connectivity index (χ0n) is 25.6. The molecular formula is C34H42N3O7+. The molecule has 2 aliphatic rings. The summed E-state index contributed by atoms with van der Waals surface area (Å²) in [7, 11) is 3.55. The van der Waals surface area contributed by atoms with Crippen LogP contribution in [0.15, 0.2) is 60.9 Å². The number of carboxylic acid groups (broad SMARTS) is 1.